The molecule has 0 unspecified atom stereocenters. The molecule has 0 aliphatic heterocycles. The van der Waals surface area contributed by atoms with E-state index in [9.17, 15) is 13.2 Å². The minimum atomic E-state index is -4.40. The summed E-state index contributed by atoms with van der Waals surface area (Å²) in [5.41, 5.74) is -0.202. The largest absolute Gasteiger partial charge is 0.497 e. The Bertz CT molecular complexity index is 598. The molecule has 4 nitrogen and oxygen atoms in total. The van der Waals surface area contributed by atoms with Crippen molar-refractivity contribution >= 4 is 0 Å². The Morgan fingerprint density at radius 3 is 2.30 bits per heavy atom. The Balaban J connectivity index is 1.68. The van der Waals surface area contributed by atoms with Gasteiger partial charge in [0, 0.05) is 19.3 Å². The molecule has 1 N–H and O–H groups in total. The van der Waals surface area contributed by atoms with E-state index in [1.807, 2.05) is 0 Å². The van der Waals surface area contributed by atoms with Gasteiger partial charge in [-0.15, -0.1) is 0 Å². The molecule has 7 heteroatoms. The fourth-order valence-corrected chi connectivity index (χ4v) is 1.84. The Morgan fingerprint density at radius 1 is 1.04 bits per heavy atom. The maximum Gasteiger partial charge on any atom is 0.433 e. The molecule has 0 aliphatic carbocycles. The maximum atomic E-state index is 12.4. The third-order valence-electron chi connectivity index (χ3n) is 3.05. The second kappa shape index (κ2) is 7.82. The first-order chi connectivity index (χ1) is 11.0. The van der Waals surface area contributed by atoms with E-state index in [-0.39, 0.29) is 0 Å². The van der Waals surface area contributed by atoms with Crippen LogP contribution in [0.25, 0.3) is 0 Å². The third-order valence-corrected chi connectivity index (χ3v) is 3.05. The average molecular weight is 326 g/mol. The number of aromatic nitrogens is 1. The molecule has 0 spiro atoms. The molecule has 1 aromatic heterocycles. The molecule has 1 heterocycles. The third kappa shape index (κ3) is 5.45. The number of ether oxygens (including phenoxy) is 2. The Morgan fingerprint density at radius 2 is 1.74 bits per heavy atom. The van der Waals surface area contributed by atoms with Crippen molar-refractivity contribution in [2.24, 2.45) is 0 Å². The molecule has 0 fully saturated rings. The highest BCUT2D eigenvalue weighted by Gasteiger charge is 2.31. The number of halogens is 3. The predicted octanol–water partition coefficient (Wildman–Crippen LogP) is 3.28. The Hall–Kier alpha value is -2.28. The van der Waals surface area contributed by atoms with Crippen LogP contribution in [0.3, 0.4) is 0 Å². The summed E-state index contributed by atoms with van der Waals surface area (Å²) in [5.74, 6) is 1.48. The number of nitrogens with zero attached hydrogens (tertiary/aromatic N) is 1. The van der Waals surface area contributed by atoms with Gasteiger partial charge in [-0.25, -0.2) is 0 Å². The highest BCUT2D eigenvalue weighted by Crippen LogP contribution is 2.27. The number of benzene rings is 1. The zero-order valence-electron chi connectivity index (χ0n) is 12.6. The first-order valence-corrected chi connectivity index (χ1v) is 6.99. The van der Waals surface area contributed by atoms with Gasteiger partial charge in [0.25, 0.3) is 0 Å². The molecule has 23 heavy (non-hydrogen) atoms. The first kappa shape index (κ1) is 17.1. The number of hydrogen-bond donors (Lipinski definition) is 1. The van der Waals surface area contributed by atoms with Gasteiger partial charge in [-0.3, -0.25) is 4.98 Å². The highest BCUT2D eigenvalue weighted by atomic mass is 19.4. The van der Waals surface area contributed by atoms with Gasteiger partial charge in [-0.1, -0.05) is 6.07 Å². The number of methoxy groups -OCH3 is 1. The molecule has 2 rings (SSSR count). The molecule has 0 radical (unpaired) electrons. The van der Waals surface area contributed by atoms with Crippen molar-refractivity contribution in [1.29, 1.82) is 0 Å². The molecule has 1 aromatic carbocycles. The lowest BCUT2D eigenvalue weighted by molar-refractivity contribution is -0.141. The van der Waals surface area contributed by atoms with E-state index in [0.717, 1.165) is 17.6 Å². The SMILES string of the molecule is COc1ccc(OCCNCc2ccc(C(F)(F)F)nc2)cc1. The maximum absolute atomic E-state index is 12.4. The highest BCUT2D eigenvalue weighted by molar-refractivity contribution is 5.31. The van der Waals surface area contributed by atoms with Crippen molar-refractivity contribution in [2.45, 2.75) is 12.7 Å². The van der Waals surface area contributed by atoms with Crippen molar-refractivity contribution in [1.82, 2.24) is 10.3 Å². The van der Waals surface area contributed by atoms with E-state index in [1.165, 1.54) is 12.3 Å². The summed E-state index contributed by atoms with van der Waals surface area (Å²) >= 11 is 0. The van der Waals surface area contributed by atoms with Crippen LogP contribution in [0.4, 0.5) is 13.2 Å². The van der Waals surface area contributed by atoms with Crippen molar-refractivity contribution < 1.29 is 22.6 Å². The second-order valence-corrected chi connectivity index (χ2v) is 4.75. The Labute approximate surface area is 132 Å². The number of nitrogens with one attached hydrogen (secondary N) is 1. The van der Waals surface area contributed by atoms with E-state index < -0.39 is 11.9 Å². The predicted molar refractivity (Wildman–Crippen MR) is 79.4 cm³/mol. The Kier molecular flexibility index (Phi) is 5.81. The van der Waals surface area contributed by atoms with Gasteiger partial charge in [-0.05, 0) is 35.9 Å². The van der Waals surface area contributed by atoms with Crippen LogP contribution in [-0.4, -0.2) is 25.2 Å². The topological polar surface area (TPSA) is 43.4 Å². The standard InChI is InChI=1S/C16H17F3N2O2/c1-22-13-3-5-14(6-4-13)23-9-8-20-10-12-2-7-15(21-11-12)16(17,18)19/h2-7,11,20H,8-10H2,1H3. The minimum Gasteiger partial charge on any atom is -0.497 e. The van der Waals surface area contributed by atoms with Gasteiger partial charge in [0.15, 0.2) is 0 Å². The van der Waals surface area contributed by atoms with Crippen LogP contribution in [0.15, 0.2) is 42.6 Å². The number of rotatable bonds is 7. The van der Waals surface area contributed by atoms with Crippen LogP contribution in [0, 0.1) is 0 Å². The molecule has 0 saturated heterocycles. The zero-order valence-corrected chi connectivity index (χ0v) is 12.6. The van der Waals surface area contributed by atoms with E-state index in [2.05, 4.69) is 10.3 Å². The fraction of sp³-hybridized carbons (Fsp3) is 0.312. The number of hydrogen-bond acceptors (Lipinski definition) is 4. The van der Waals surface area contributed by atoms with E-state index in [4.69, 9.17) is 9.47 Å². The lowest BCUT2D eigenvalue weighted by Crippen LogP contribution is -2.20. The van der Waals surface area contributed by atoms with E-state index in [1.54, 1.807) is 31.4 Å². The first-order valence-electron chi connectivity index (χ1n) is 6.99. The summed E-state index contributed by atoms with van der Waals surface area (Å²) in [7, 11) is 1.59. The molecule has 0 amide bonds. The van der Waals surface area contributed by atoms with Crippen molar-refractivity contribution in [3.63, 3.8) is 0 Å². The zero-order chi connectivity index (χ0) is 16.7. The van der Waals surface area contributed by atoms with Gasteiger partial charge in [0.2, 0.25) is 0 Å². The summed E-state index contributed by atoms with van der Waals surface area (Å²) in [6.45, 7) is 1.44. The van der Waals surface area contributed by atoms with Gasteiger partial charge >= 0.3 is 6.18 Å². The lowest BCUT2D eigenvalue weighted by Gasteiger charge is -2.09. The normalized spacial score (nSPS) is 11.3. The van der Waals surface area contributed by atoms with Gasteiger partial charge < -0.3 is 14.8 Å². The van der Waals surface area contributed by atoms with Crippen LogP contribution >= 0.6 is 0 Å². The summed E-state index contributed by atoms with van der Waals surface area (Å²) in [4.78, 5) is 3.40. The van der Waals surface area contributed by atoms with Crippen molar-refractivity contribution in [3.05, 3.63) is 53.9 Å². The van der Waals surface area contributed by atoms with E-state index in [0.29, 0.717) is 25.3 Å². The second-order valence-electron chi connectivity index (χ2n) is 4.75. The van der Waals surface area contributed by atoms with Crippen molar-refractivity contribution in [3.8, 4) is 11.5 Å². The molecule has 2 aromatic rings. The van der Waals surface area contributed by atoms with Crippen LogP contribution in [-0.2, 0) is 12.7 Å². The van der Waals surface area contributed by atoms with Crippen molar-refractivity contribution in [2.75, 3.05) is 20.3 Å². The van der Waals surface area contributed by atoms with Gasteiger partial charge in [-0.2, -0.15) is 13.2 Å². The van der Waals surface area contributed by atoms with E-state index >= 15 is 0 Å². The molecule has 0 aliphatic rings. The van der Waals surface area contributed by atoms with Gasteiger partial charge in [0.05, 0.1) is 7.11 Å². The van der Waals surface area contributed by atoms with Crippen LogP contribution in [0.1, 0.15) is 11.3 Å². The summed E-state index contributed by atoms with van der Waals surface area (Å²) in [6.07, 6.45) is -3.18. The van der Waals surface area contributed by atoms with Crippen LogP contribution in [0.2, 0.25) is 0 Å². The molecular formula is C16H17F3N2O2. The average Bonchev–Trinajstić information content (AvgIpc) is 2.55. The summed E-state index contributed by atoms with van der Waals surface area (Å²) in [6, 6.07) is 9.60. The summed E-state index contributed by atoms with van der Waals surface area (Å²) < 4.78 is 47.7. The quantitative estimate of drug-likeness (QED) is 0.793. The molecular weight excluding hydrogens is 309 g/mol. The number of alkyl halides is 3. The molecule has 124 valence electrons. The number of pyridine rings is 1. The summed E-state index contributed by atoms with van der Waals surface area (Å²) in [5, 5.41) is 3.08. The molecule has 0 bridgehead atoms. The fourth-order valence-electron chi connectivity index (χ4n) is 1.84. The monoisotopic (exact) mass is 326 g/mol. The van der Waals surface area contributed by atoms with Crippen LogP contribution in [0.5, 0.6) is 11.5 Å². The lowest BCUT2D eigenvalue weighted by atomic mass is 10.2. The van der Waals surface area contributed by atoms with Gasteiger partial charge in [0.1, 0.15) is 23.8 Å². The smallest absolute Gasteiger partial charge is 0.433 e. The minimum absolute atomic E-state index is 0.428. The molecule has 0 atom stereocenters. The molecule has 0 saturated carbocycles. The van der Waals surface area contributed by atoms with Crippen LogP contribution < -0.4 is 14.8 Å².